The molecule has 0 aliphatic heterocycles. The second-order valence-electron chi connectivity index (χ2n) is 4.02. The van der Waals surface area contributed by atoms with Crippen LogP contribution in [0.2, 0.25) is 10.0 Å². The van der Waals surface area contributed by atoms with Crippen molar-refractivity contribution in [1.82, 2.24) is 0 Å². The van der Waals surface area contributed by atoms with Gasteiger partial charge in [0.2, 0.25) is 0 Å². The van der Waals surface area contributed by atoms with Gasteiger partial charge >= 0.3 is 5.97 Å². The lowest BCUT2D eigenvalue weighted by molar-refractivity contribution is 0.0474. The summed E-state index contributed by atoms with van der Waals surface area (Å²) in [6.45, 7) is -0.0946. The summed E-state index contributed by atoms with van der Waals surface area (Å²) in [5.41, 5.74) is 6.51. The first kappa shape index (κ1) is 14.6. The first-order valence-corrected chi connectivity index (χ1v) is 6.39. The Labute approximate surface area is 125 Å². The Kier molecular flexibility index (Phi) is 4.47. The van der Waals surface area contributed by atoms with Crippen LogP contribution in [0.5, 0.6) is 0 Å². The van der Waals surface area contributed by atoms with Crippen LogP contribution in [0.1, 0.15) is 15.9 Å². The number of nitrogen functional groups attached to an aromatic ring is 1. The molecule has 2 rings (SSSR count). The molecule has 0 aliphatic rings. The van der Waals surface area contributed by atoms with Gasteiger partial charge in [-0.25, -0.2) is 9.18 Å². The first-order chi connectivity index (χ1) is 9.49. The van der Waals surface area contributed by atoms with Gasteiger partial charge in [0.25, 0.3) is 0 Å². The van der Waals surface area contributed by atoms with Crippen molar-refractivity contribution in [3.63, 3.8) is 0 Å². The summed E-state index contributed by atoms with van der Waals surface area (Å²) in [7, 11) is 0. The van der Waals surface area contributed by atoms with E-state index in [4.69, 9.17) is 33.7 Å². The lowest BCUT2D eigenvalue weighted by atomic mass is 10.2. The molecular formula is C14H10Cl2FNO2. The largest absolute Gasteiger partial charge is 0.457 e. The molecule has 2 aromatic carbocycles. The summed E-state index contributed by atoms with van der Waals surface area (Å²) >= 11 is 11.7. The van der Waals surface area contributed by atoms with Crippen LogP contribution in [-0.2, 0) is 11.3 Å². The summed E-state index contributed by atoms with van der Waals surface area (Å²) in [6.07, 6.45) is 0. The van der Waals surface area contributed by atoms with Crippen molar-refractivity contribution in [2.45, 2.75) is 6.61 Å². The van der Waals surface area contributed by atoms with Gasteiger partial charge in [-0.15, -0.1) is 0 Å². The molecule has 0 bridgehead atoms. The number of benzene rings is 2. The molecule has 0 aromatic heterocycles. The fraction of sp³-hybridized carbons (Fsp3) is 0.0714. The molecule has 104 valence electrons. The van der Waals surface area contributed by atoms with E-state index in [0.717, 1.165) is 6.07 Å². The molecule has 0 unspecified atom stereocenters. The monoisotopic (exact) mass is 313 g/mol. The van der Waals surface area contributed by atoms with Crippen LogP contribution in [0.3, 0.4) is 0 Å². The van der Waals surface area contributed by atoms with Crippen molar-refractivity contribution in [1.29, 1.82) is 0 Å². The molecule has 6 heteroatoms. The molecule has 0 atom stereocenters. The number of carbonyl (C=O) groups is 1. The van der Waals surface area contributed by atoms with Crippen LogP contribution in [-0.4, -0.2) is 5.97 Å². The Bertz CT molecular complexity index is 641. The molecule has 0 saturated carbocycles. The van der Waals surface area contributed by atoms with Crippen LogP contribution in [0, 0.1) is 5.82 Å². The number of hydrogen-bond acceptors (Lipinski definition) is 3. The van der Waals surface area contributed by atoms with Crippen molar-refractivity contribution < 1.29 is 13.9 Å². The Morgan fingerprint density at radius 1 is 1.20 bits per heavy atom. The number of ether oxygens (including phenoxy) is 1. The third kappa shape index (κ3) is 3.21. The van der Waals surface area contributed by atoms with Crippen molar-refractivity contribution in [3.8, 4) is 0 Å². The highest BCUT2D eigenvalue weighted by Crippen LogP contribution is 2.24. The fourth-order valence-electron chi connectivity index (χ4n) is 1.61. The third-order valence-corrected chi connectivity index (χ3v) is 3.29. The summed E-state index contributed by atoms with van der Waals surface area (Å²) in [4.78, 5) is 11.9. The van der Waals surface area contributed by atoms with Crippen LogP contribution in [0.15, 0.2) is 36.4 Å². The summed E-state index contributed by atoms with van der Waals surface area (Å²) in [5, 5.41) is 0.394. The van der Waals surface area contributed by atoms with E-state index in [9.17, 15) is 9.18 Å². The second-order valence-corrected chi connectivity index (χ2v) is 4.83. The van der Waals surface area contributed by atoms with Gasteiger partial charge in [0.15, 0.2) is 0 Å². The molecule has 2 N–H and O–H groups in total. The Morgan fingerprint density at radius 3 is 2.60 bits per heavy atom. The van der Waals surface area contributed by atoms with Crippen molar-refractivity contribution in [2.24, 2.45) is 0 Å². The number of esters is 1. The molecule has 0 amide bonds. The van der Waals surface area contributed by atoms with Gasteiger partial charge < -0.3 is 10.5 Å². The highest BCUT2D eigenvalue weighted by atomic mass is 35.5. The fourth-order valence-corrected chi connectivity index (χ4v) is 2.09. The number of hydrogen-bond donors (Lipinski definition) is 1. The molecule has 20 heavy (non-hydrogen) atoms. The molecule has 0 heterocycles. The van der Waals surface area contributed by atoms with Crippen LogP contribution in [0.4, 0.5) is 10.1 Å². The topological polar surface area (TPSA) is 52.3 Å². The minimum atomic E-state index is -0.659. The second kappa shape index (κ2) is 6.11. The Morgan fingerprint density at radius 2 is 1.95 bits per heavy atom. The predicted octanol–water partition coefficient (Wildman–Crippen LogP) is 4.07. The minimum Gasteiger partial charge on any atom is -0.457 e. The zero-order valence-electron chi connectivity index (χ0n) is 10.2. The average molecular weight is 314 g/mol. The highest BCUT2D eigenvalue weighted by Gasteiger charge is 2.16. The van der Waals surface area contributed by atoms with Gasteiger partial charge in [-0.05, 0) is 24.3 Å². The molecular weight excluding hydrogens is 304 g/mol. The van der Waals surface area contributed by atoms with E-state index in [0.29, 0.717) is 5.56 Å². The van der Waals surface area contributed by atoms with E-state index in [-0.39, 0.29) is 27.9 Å². The Balaban J connectivity index is 2.13. The van der Waals surface area contributed by atoms with Crippen molar-refractivity contribution >= 4 is 34.9 Å². The van der Waals surface area contributed by atoms with Crippen molar-refractivity contribution in [2.75, 3.05) is 5.73 Å². The number of carbonyl (C=O) groups excluding carboxylic acids is 1. The van der Waals surface area contributed by atoms with Gasteiger partial charge in [0.1, 0.15) is 18.0 Å². The normalized spacial score (nSPS) is 10.3. The maximum Gasteiger partial charge on any atom is 0.342 e. The summed E-state index contributed by atoms with van der Waals surface area (Å²) in [6, 6.07) is 8.55. The zero-order chi connectivity index (χ0) is 14.7. The summed E-state index contributed by atoms with van der Waals surface area (Å²) < 4.78 is 18.0. The highest BCUT2D eigenvalue weighted by molar-refractivity contribution is 6.34. The van der Waals surface area contributed by atoms with Gasteiger partial charge in [-0.2, -0.15) is 0 Å². The smallest absolute Gasteiger partial charge is 0.342 e. The van der Waals surface area contributed by atoms with Crippen LogP contribution < -0.4 is 5.73 Å². The van der Waals surface area contributed by atoms with E-state index in [1.54, 1.807) is 18.2 Å². The molecule has 0 spiro atoms. The minimum absolute atomic E-state index is 0.0946. The quantitative estimate of drug-likeness (QED) is 0.686. The van der Waals surface area contributed by atoms with E-state index in [2.05, 4.69) is 0 Å². The van der Waals surface area contributed by atoms with Crippen LogP contribution in [0.25, 0.3) is 0 Å². The van der Waals surface area contributed by atoms with Gasteiger partial charge in [0.05, 0.1) is 10.0 Å². The molecule has 0 aliphatic carbocycles. The molecule has 2 aromatic rings. The lowest BCUT2D eigenvalue weighted by Gasteiger charge is -2.09. The van der Waals surface area contributed by atoms with E-state index in [1.807, 2.05) is 0 Å². The predicted molar refractivity (Wildman–Crippen MR) is 76.4 cm³/mol. The maximum absolute atomic E-state index is 12.9. The number of halogens is 3. The summed E-state index contributed by atoms with van der Waals surface area (Å²) in [5.74, 6) is -1.12. The number of anilines is 1. The number of rotatable bonds is 3. The third-order valence-electron chi connectivity index (χ3n) is 2.62. The first-order valence-electron chi connectivity index (χ1n) is 5.64. The molecule has 0 saturated heterocycles. The SMILES string of the molecule is Nc1cccc(Cl)c1C(=O)OCc1ccc(F)cc1Cl. The van der Waals surface area contributed by atoms with Crippen LogP contribution >= 0.6 is 23.2 Å². The van der Waals surface area contributed by atoms with E-state index in [1.165, 1.54) is 12.1 Å². The molecule has 0 fully saturated rings. The Hall–Kier alpha value is -1.78. The maximum atomic E-state index is 12.9. The van der Waals surface area contributed by atoms with Gasteiger partial charge in [0, 0.05) is 11.3 Å². The van der Waals surface area contributed by atoms with Gasteiger partial charge in [-0.1, -0.05) is 35.3 Å². The number of nitrogens with two attached hydrogens (primary N) is 1. The molecule has 0 radical (unpaired) electrons. The zero-order valence-corrected chi connectivity index (χ0v) is 11.7. The van der Waals surface area contributed by atoms with Gasteiger partial charge in [-0.3, -0.25) is 0 Å². The van der Waals surface area contributed by atoms with E-state index >= 15 is 0 Å². The average Bonchev–Trinajstić information content (AvgIpc) is 2.37. The molecule has 3 nitrogen and oxygen atoms in total. The lowest BCUT2D eigenvalue weighted by Crippen LogP contribution is -2.09. The van der Waals surface area contributed by atoms with Crippen molar-refractivity contribution in [3.05, 3.63) is 63.4 Å². The van der Waals surface area contributed by atoms with E-state index < -0.39 is 11.8 Å². The standard InChI is InChI=1S/C14H10Cl2FNO2/c15-10-2-1-3-12(18)13(10)14(19)20-7-8-4-5-9(17)6-11(8)16/h1-6H,7,18H2.